The zero-order valence-electron chi connectivity index (χ0n) is 29.3. The predicted octanol–water partition coefficient (Wildman–Crippen LogP) is 8.18. The van der Waals surface area contributed by atoms with Crippen molar-refractivity contribution in [2.45, 2.75) is 142 Å². The number of benzene rings is 1. The van der Waals surface area contributed by atoms with Gasteiger partial charge in [-0.2, -0.15) is 0 Å². The lowest BCUT2D eigenvalue weighted by atomic mass is 9.86. The SMILES string of the molecule is CCCCNC(=O)CCCCCCCCCCCC(=O)NCCC(=O)Oc1cccc2c1CC[C@@H](N(CCC)CCc1cccs1)C2. The third-order valence-electron chi connectivity index (χ3n) is 9.20. The average Bonchev–Trinajstić information content (AvgIpc) is 3.59. The maximum absolute atomic E-state index is 12.7. The van der Waals surface area contributed by atoms with Crippen LogP contribution in [0.1, 0.15) is 133 Å². The molecule has 47 heavy (non-hydrogen) atoms. The summed E-state index contributed by atoms with van der Waals surface area (Å²) in [7, 11) is 0. The van der Waals surface area contributed by atoms with Crippen molar-refractivity contribution in [1.82, 2.24) is 15.5 Å². The standard InChI is InChI=1S/C39H61N3O4S/c1-3-5-26-40-37(43)20-13-11-9-7-6-8-10-12-14-21-38(44)41-27-24-39(45)46-36-19-15-17-32-31-33(22-23-35(32)36)42(28-4-2)29-25-34-18-16-30-47-34/h15-19,30,33H,3-14,20-29,31H2,1-2H3,(H,40,43)(H,41,44)/t33-/m1/s1. The van der Waals surface area contributed by atoms with Crippen LogP contribution in [0.2, 0.25) is 0 Å². The fourth-order valence-electron chi connectivity index (χ4n) is 6.50. The molecule has 0 unspecified atom stereocenters. The highest BCUT2D eigenvalue weighted by Gasteiger charge is 2.26. The minimum absolute atomic E-state index is 0.00961. The lowest BCUT2D eigenvalue weighted by Crippen LogP contribution is -2.41. The van der Waals surface area contributed by atoms with Gasteiger partial charge in [-0.3, -0.25) is 19.3 Å². The summed E-state index contributed by atoms with van der Waals surface area (Å²) in [4.78, 5) is 40.7. The Morgan fingerprint density at radius 3 is 2.11 bits per heavy atom. The molecule has 8 heteroatoms. The number of hydrogen-bond donors (Lipinski definition) is 2. The summed E-state index contributed by atoms with van der Waals surface area (Å²) < 4.78 is 5.81. The molecule has 2 amide bonds. The van der Waals surface area contributed by atoms with Crippen LogP contribution < -0.4 is 15.4 Å². The number of rotatable bonds is 25. The van der Waals surface area contributed by atoms with E-state index < -0.39 is 0 Å². The fourth-order valence-corrected chi connectivity index (χ4v) is 7.20. The summed E-state index contributed by atoms with van der Waals surface area (Å²) in [5.41, 5.74) is 2.45. The highest BCUT2D eigenvalue weighted by molar-refractivity contribution is 7.09. The van der Waals surface area contributed by atoms with Crippen LogP contribution in [-0.2, 0) is 33.6 Å². The second-order valence-electron chi connectivity index (χ2n) is 13.1. The van der Waals surface area contributed by atoms with Crippen LogP contribution >= 0.6 is 11.3 Å². The first kappa shape index (κ1) is 38.7. The number of fused-ring (bicyclic) bond motifs is 1. The van der Waals surface area contributed by atoms with E-state index in [0.29, 0.717) is 31.2 Å². The summed E-state index contributed by atoms with van der Waals surface area (Å²) in [6.07, 6.45) is 18.7. The quantitative estimate of drug-likeness (QED) is 0.0634. The molecule has 1 aromatic heterocycles. The van der Waals surface area contributed by atoms with Crippen molar-refractivity contribution in [3.63, 3.8) is 0 Å². The Morgan fingerprint density at radius 1 is 0.787 bits per heavy atom. The number of thiophene rings is 1. The number of amides is 2. The first-order chi connectivity index (χ1) is 23.0. The monoisotopic (exact) mass is 667 g/mol. The molecule has 0 radical (unpaired) electrons. The molecule has 1 atom stereocenters. The third-order valence-corrected chi connectivity index (χ3v) is 10.1. The molecule has 2 N–H and O–H groups in total. The molecule has 0 bridgehead atoms. The van der Waals surface area contributed by atoms with Crippen LogP contribution in [0.25, 0.3) is 0 Å². The molecule has 2 aromatic rings. The smallest absolute Gasteiger partial charge is 0.312 e. The molecular formula is C39H61N3O4S. The summed E-state index contributed by atoms with van der Waals surface area (Å²) in [6, 6.07) is 11.0. The van der Waals surface area contributed by atoms with Crippen molar-refractivity contribution in [1.29, 1.82) is 0 Å². The van der Waals surface area contributed by atoms with E-state index >= 15 is 0 Å². The topological polar surface area (TPSA) is 87.7 Å². The van der Waals surface area contributed by atoms with E-state index in [2.05, 4.69) is 53.0 Å². The minimum atomic E-state index is -0.292. The van der Waals surface area contributed by atoms with Crippen LogP contribution in [-0.4, -0.2) is 54.9 Å². The lowest BCUT2D eigenvalue weighted by molar-refractivity contribution is -0.134. The molecule has 0 aliphatic heterocycles. The zero-order valence-corrected chi connectivity index (χ0v) is 30.1. The van der Waals surface area contributed by atoms with Gasteiger partial charge < -0.3 is 15.4 Å². The van der Waals surface area contributed by atoms with Crippen molar-refractivity contribution >= 4 is 29.1 Å². The van der Waals surface area contributed by atoms with E-state index in [0.717, 1.165) is 102 Å². The maximum atomic E-state index is 12.7. The second kappa shape index (κ2) is 23.6. The number of nitrogens with zero attached hydrogens (tertiary/aromatic N) is 1. The van der Waals surface area contributed by atoms with Gasteiger partial charge in [-0.25, -0.2) is 0 Å². The number of carbonyl (C=O) groups excluding carboxylic acids is 3. The summed E-state index contributed by atoms with van der Waals surface area (Å²) >= 11 is 1.84. The molecule has 1 aliphatic carbocycles. The summed E-state index contributed by atoms with van der Waals surface area (Å²) in [5.74, 6) is 0.592. The molecule has 1 aliphatic rings. The molecule has 262 valence electrons. The van der Waals surface area contributed by atoms with E-state index in [1.807, 2.05) is 23.5 Å². The van der Waals surface area contributed by atoms with Gasteiger partial charge in [-0.15, -0.1) is 11.3 Å². The van der Waals surface area contributed by atoms with Gasteiger partial charge in [-0.05, 0) is 86.6 Å². The number of ether oxygens (including phenoxy) is 1. The Morgan fingerprint density at radius 2 is 1.47 bits per heavy atom. The average molecular weight is 668 g/mol. The van der Waals surface area contributed by atoms with Crippen molar-refractivity contribution in [3.8, 4) is 5.75 Å². The first-order valence-electron chi connectivity index (χ1n) is 18.6. The van der Waals surface area contributed by atoms with Crippen molar-refractivity contribution < 1.29 is 19.1 Å². The first-order valence-corrected chi connectivity index (χ1v) is 19.5. The van der Waals surface area contributed by atoms with Crippen LogP contribution in [0.3, 0.4) is 0 Å². The van der Waals surface area contributed by atoms with Gasteiger partial charge in [0, 0.05) is 43.4 Å². The largest absolute Gasteiger partial charge is 0.426 e. The molecule has 0 saturated heterocycles. The predicted molar refractivity (Wildman–Crippen MR) is 194 cm³/mol. The maximum Gasteiger partial charge on any atom is 0.312 e. The van der Waals surface area contributed by atoms with Gasteiger partial charge in [0.25, 0.3) is 0 Å². The number of nitrogens with one attached hydrogen (secondary N) is 2. The van der Waals surface area contributed by atoms with Crippen molar-refractivity contribution in [2.24, 2.45) is 0 Å². The van der Waals surface area contributed by atoms with Crippen molar-refractivity contribution in [2.75, 3.05) is 26.2 Å². The molecule has 1 aromatic carbocycles. The Balaban J connectivity index is 1.22. The van der Waals surface area contributed by atoms with Gasteiger partial charge in [0.05, 0.1) is 6.42 Å². The highest BCUT2D eigenvalue weighted by atomic mass is 32.1. The van der Waals surface area contributed by atoms with Gasteiger partial charge in [-0.1, -0.05) is 83.4 Å². The third kappa shape index (κ3) is 15.8. The van der Waals surface area contributed by atoms with Crippen LogP contribution in [0.4, 0.5) is 0 Å². The van der Waals surface area contributed by atoms with E-state index in [1.165, 1.54) is 36.1 Å². The molecular weight excluding hydrogens is 607 g/mol. The summed E-state index contributed by atoms with van der Waals surface area (Å²) in [6.45, 7) is 7.69. The zero-order chi connectivity index (χ0) is 33.5. The Labute approximate surface area is 288 Å². The Kier molecular flexibility index (Phi) is 19.4. The molecule has 3 rings (SSSR count). The minimum Gasteiger partial charge on any atom is -0.426 e. The molecule has 0 spiro atoms. The summed E-state index contributed by atoms with van der Waals surface area (Å²) in [5, 5.41) is 8.03. The fraction of sp³-hybridized carbons (Fsp3) is 0.667. The van der Waals surface area contributed by atoms with Gasteiger partial charge in [0.2, 0.25) is 11.8 Å². The van der Waals surface area contributed by atoms with Gasteiger partial charge in [0.1, 0.15) is 5.75 Å². The Bertz CT molecular complexity index is 1170. The number of carbonyl (C=O) groups is 3. The van der Waals surface area contributed by atoms with Gasteiger partial charge in [0.15, 0.2) is 0 Å². The number of hydrogen-bond acceptors (Lipinski definition) is 6. The van der Waals surface area contributed by atoms with E-state index in [1.54, 1.807) is 0 Å². The highest BCUT2D eigenvalue weighted by Crippen LogP contribution is 2.32. The van der Waals surface area contributed by atoms with Crippen LogP contribution in [0.5, 0.6) is 5.75 Å². The molecule has 7 nitrogen and oxygen atoms in total. The lowest BCUT2D eigenvalue weighted by Gasteiger charge is -2.35. The normalized spacial score (nSPS) is 14.1. The molecule has 0 fully saturated rings. The van der Waals surface area contributed by atoms with E-state index in [4.69, 9.17) is 4.74 Å². The Hall–Kier alpha value is -2.71. The van der Waals surface area contributed by atoms with E-state index in [9.17, 15) is 14.4 Å². The van der Waals surface area contributed by atoms with E-state index in [-0.39, 0.29) is 24.2 Å². The van der Waals surface area contributed by atoms with Crippen LogP contribution in [0.15, 0.2) is 35.7 Å². The molecule has 0 saturated carbocycles. The van der Waals surface area contributed by atoms with Crippen LogP contribution in [0, 0.1) is 0 Å². The number of esters is 1. The number of unbranched alkanes of at least 4 members (excludes halogenated alkanes) is 9. The molecule has 1 heterocycles. The second-order valence-corrected chi connectivity index (χ2v) is 14.1. The van der Waals surface area contributed by atoms with Gasteiger partial charge >= 0.3 is 5.97 Å². The van der Waals surface area contributed by atoms with Crippen molar-refractivity contribution in [3.05, 3.63) is 51.7 Å².